The summed E-state index contributed by atoms with van der Waals surface area (Å²) in [6.45, 7) is 0.539. The first-order chi connectivity index (χ1) is 8.61. The van der Waals surface area contributed by atoms with Gasteiger partial charge in [0, 0.05) is 16.5 Å². The molecular weight excluding hydrogens is 275 g/mol. The Bertz CT molecular complexity index is 585. The summed E-state index contributed by atoms with van der Waals surface area (Å²) in [5, 5.41) is 7.32. The van der Waals surface area contributed by atoms with Crippen LogP contribution in [0, 0.1) is 0 Å². The Balaban J connectivity index is 2.48. The molecular formula is C11H12Cl2N4O. The number of aryl methyl sites for hydroxylation is 1. The molecule has 0 radical (unpaired) electrons. The number of nitrogens with zero attached hydrogens (tertiary/aromatic N) is 2. The Labute approximate surface area is 114 Å². The van der Waals surface area contributed by atoms with Crippen molar-refractivity contribution in [3.05, 3.63) is 44.6 Å². The molecule has 7 heteroatoms. The summed E-state index contributed by atoms with van der Waals surface area (Å²) in [7, 11) is 0. The number of nitrogens with one attached hydrogen (secondary N) is 1. The van der Waals surface area contributed by atoms with E-state index in [9.17, 15) is 4.79 Å². The normalized spacial score (nSPS) is 10.8. The minimum Gasteiger partial charge on any atom is -0.330 e. The Kier molecular flexibility index (Phi) is 4.06. The molecule has 2 aromatic rings. The van der Waals surface area contributed by atoms with Crippen molar-refractivity contribution in [1.29, 1.82) is 0 Å². The van der Waals surface area contributed by atoms with Crippen molar-refractivity contribution < 1.29 is 0 Å². The molecule has 1 heterocycles. The zero-order chi connectivity index (χ0) is 13.1. The van der Waals surface area contributed by atoms with Gasteiger partial charge in [0.1, 0.15) is 5.82 Å². The lowest BCUT2D eigenvalue weighted by Gasteiger charge is -2.06. The van der Waals surface area contributed by atoms with Gasteiger partial charge in [0.25, 0.3) is 0 Å². The quantitative estimate of drug-likeness (QED) is 0.899. The van der Waals surface area contributed by atoms with Gasteiger partial charge in [0.15, 0.2) is 0 Å². The molecule has 1 aromatic carbocycles. The second-order valence-corrected chi connectivity index (χ2v) is 4.67. The Morgan fingerprint density at radius 1 is 1.28 bits per heavy atom. The molecule has 2 rings (SSSR count). The van der Waals surface area contributed by atoms with E-state index >= 15 is 0 Å². The Morgan fingerprint density at radius 2 is 1.94 bits per heavy atom. The summed E-state index contributed by atoms with van der Waals surface area (Å²) >= 11 is 11.9. The fourth-order valence-electron chi connectivity index (χ4n) is 1.69. The third kappa shape index (κ3) is 2.75. The van der Waals surface area contributed by atoms with Crippen LogP contribution in [0.5, 0.6) is 0 Å². The number of aromatic amines is 1. The van der Waals surface area contributed by atoms with Crippen LogP contribution in [-0.4, -0.2) is 21.3 Å². The van der Waals surface area contributed by atoms with E-state index in [0.717, 1.165) is 6.42 Å². The Hall–Kier alpha value is -1.30. The number of hydrogen-bond acceptors (Lipinski definition) is 3. The maximum atomic E-state index is 11.8. The lowest BCUT2D eigenvalue weighted by molar-refractivity contribution is 0.757. The van der Waals surface area contributed by atoms with E-state index in [2.05, 4.69) is 10.2 Å². The van der Waals surface area contributed by atoms with Gasteiger partial charge in [-0.1, -0.05) is 23.2 Å². The summed E-state index contributed by atoms with van der Waals surface area (Å²) in [6.07, 6.45) is 1.36. The summed E-state index contributed by atoms with van der Waals surface area (Å²) in [5.74, 6) is 0.615. The van der Waals surface area contributed by atoms with Gasteiger partial charge in [-0.3, -0.25) is 0 Å². The number of benzene rings is 1. The largest absolute Gasteiger partial charge is 0.347 e. The molecule has 0 saturated carbocycles. The van der Waals surface area contributed by atoms with E-state index in [1.54, 1.807) is 18.2 Å². The smallest absolute Gasteiger partial charge is 0.330 e. The first-order valence-electron chi connectivity index (χ1n) is 5.44. The van der Waals surface area contributed by atoms with Gasteiger partial charge in [0.05, 0.1) is 5.69 Å². The van der Waals surface area contributed by atoms with Gasteiger partial charge in [-0.05, 0) is 31.2 Å². The molecule has 0 spiro atoms. The number of rotatable bonds is 4. The number of aromatic nitrogens is 3. The molecule has 0 aliphatic rings. The highest BCUT2D eigenvalue weighted by atomic mass is 35.5. The van der Waals surface area contributed by atoms with Crippen LogP contribution < -0.4 is 11.4 Å². The predicted molar refractivity (Wildman–Crippen MR) is 71.6 cm³/mol. The third-order valence-electron chi connectivity index (χ3n) is 2.45. The van der Waals surface area contributed by atoms with Crippen LogP contribution in [0.1, 0.15) is 12.2 Å². The van der Waals surface area contributed by atoms with Crippen molar-refractivity contribution in [3.63, 3.8) is 0 Å². The molecule has 0 aliphatic heterocycles. The minimum absolute atomic E-state index is 0.319. The van der Waals surface area contributed by atoms with E-state index in [0.29, 0.717) is 34.5 Å². The third-order valence-corrected chi connectivity index (χ3v) is 2.89. The lowest BCUT2D eigenvalue weighted by atomic mass is 10.2. The molecule has 0 saturated heterocycles. The summed E-state index contributed by atoms with van der Waals surface area (Å²) in [5.41, 5.74) is 5.73. The monoisotopic (exact) mass is 286 g/mol. The second kappa shape index (κ2) is 5.56. The highest BCUT2D eigenvalue weighted by Gasteiger charge is 2.11. The zero-order valence-electron chi connectivity index (χ0n) is 9.49. The van der Waals surface area contributed by atoms with Gasteiger partial charge < -0.3 is 5.73 Å². The fraction of sp³-hybridized carbons (Fsp3) is 0.273. The summed E-state index contributed by atoms with van der Waals surface area (Å²) in [6, 6.07) is 4.93. The zero-order valence-corrected chi connectivity index (χ0v) is 11.0. The maximum Gasteiger partial charge on any atom is 0.347 e. The number of hydrogen-bond donors (Lipinski definition) is 2. The number of nitrogens with two attached hydrogens (primary N) is 1. The van der Waals surface area contributed by atoms with Gasteiger partial charge >= 0.3 is 5.69 Å². The lowest BCUT2D eigenvalue weighted by Crippen LogP contribution is -2.17. The molecule has 0 amide bonds. The van der Waals surface area contributed by atoms with Crippen LogP contribution in [-0.2, 0) is 6.42 Å². The highest BCUT2D eigenvalue weighted by molar-refractivity contribution is 6.34. The SMILES string of the molecule is NCCCc1n[nH]c(=O)n1-c1cc(Cl)cc(Cl)c1. The molecule has 18 heavy (non-hydrogen) atoms. The van der Waals surface area contributed by atoms with Crippen molar-refractivity contribution in [2.45, 2.75) is 12.8 Å². The molecule has 5 nitrogen and oxygen atoms in total. The van der Waals surface area contributed by atoms with E-state index < -0.39 is 0 Å². The standard InChI is InChI=1S/C11H12Cl2N4O/c12-7-4-8(13)6-9(5-7)17-10(2-1-3-14)15-16-11(17)18/h4-6H,1-3,14H2,(H,16,18). The molecule has 0 atom stereocenters. The van der Waals surface area contributed by atoms with E-state index in [1.807, 2.05) is 0 Å². The fourth-order valence-corrected chi connectivity index (χ4v) is 2.21. The average Bonchev–Trinajstić information content (AvgIpc) is 2.66. The number of halogens is 2. The van der Waals surface area contributed by atoms with Crippen molar-refractivity contribution in [2.75, 3.05) is 6.54 Å². The molecule has 1 aromatic heterocycles. The van der Waals surface area contributed by atoms with Crippen LogP contribution in [0.25, 0.3) is 5.69 Å². The molecule has 0 unspecified atom stereocenters. The topological polar surface area (TPSA) is 76.7 Å². The van der Waals surface area contributed by atoms with Crippen molar-refractivity contribution in [1.82, 2.24) is 14.8 Å². The van der Waals surface area contributed by atoms with Gasteiger partial charge in [0.2, 0.25) is 0 Å². The van der Waals surface area contributed by atoms with Crippen LogP contribution >= 0.6 is 23.2 Å². The predicted octanol–water partition coefficient (Wildman–Crippen LogP) is 1.76. The number of H-pyrrole nitrogens is 1. The van der Waals surface area contributed by atoms with Crippen molar-refractivity contribution >= 4 is 23.2 Å². The van der Waals surface area contributed by atoms with Gasteiger partial charge in [-0.25, -0.2) is 14.5 Å². The van der Waals surface area contributed by atoms with Gasteiger partial charge in [-0.2, -0.15) is 5.10 Å². The van der Waals surface area contributed by atoms with E-state index in [-0.39, 0.29) is 5.69 Å². The molecule has 0 aliphatic carbocycles. The Morgan fingerprint density at radius 3 is 2.56 bits per heavy atom. The van der Waals surface area contributed by atoms with Crippen molar-refractivity contribution in [3.8, 4) is 5.69 Å². The molecule has 0 fully saturated rings. The molecule has 96 valence electrons. The van der Waals surface area contributed by atoms with Gasteiger partial charge in [-0.15, -0.1) is 0 Å². The first kappa shape index (κ1) is 13.1. The van der Waals surface area contributed by atoms with Crippen LogP contribution in [0.3, 0.4) is 0 Å². The van der Waals surface area contributed by atoms with Crippen molar-refractivity contribution in [2.24, 2.45) is 5.73 Å². The minimum atomic E-state index is -0.319. The molecule has 0 bridgehead atoms. The average molecular weight is 287 g/mol. The van der Waals surface area contributed by atoms with Crippen LogP contribution in [0.15, 0.2) is 23.0 Å². The van der Waals surface area contributed by atoms with E-state index in [1.165, 1.54) is 4.57 Å². The maximum absolute atomic E-state index is 11.8. The highest BCUT2D eigenvalue weighted by Crippen LogP contribution is 2.21. The second-order valence-electron chi connectivity index (χ2n) is 3.80. The van der Waals surface area contributed by atoms with Crippen LogP contribution in [0.4, 0.5) is 0 Å². The van der Waals surface area contributed by atoms with E-state index in [4.69, 9.17) is 28.9 Å². The molecule has 3 N–H and O–H groups in total. The summed E-state index contributed by atoms with van der Waals surface area (Å²) in [4.78, 5) is 11.8. The van der Waals surface area contributed by atoms with Crippen LogP contribution in [0.2, 0.25) is 10.0 Å². The summed E-state index contributed by atoms with van der Waals surface area (Å²) < 4.78 is 1.45. The first-order valence-corrected chi connectivity index (χ1v) is 6.20.